The zero-order valence-electron chi connectivity index (χ0n) is 13.8. The van der Waals surface area contributed by atoms with Gasteiger partial charge in [-0.25, -0.2) is 9.97 Å². The van der Waals surface area contributed by atoms with Gasteiger partial charge in [-0.1, -0.05) is 20.8 Å². The first-order valence-electron chi connectivity index (χ1n) is 7.43. The van der Waals surface area contributed by atoms with Crippen LogP contribution in [0.15, 0.2) is 29.5 Å². The van der Waals surface area contributed by atoms with Crippen LogP contribution in [0.3, 0.4) is 0 Å². The number of anilines is 1. The van der Waals surface area contributed by atoms with Crippen LogP contribution in [0.1, 0.15) is 26.5 Å². The fraction of sp³-hybridized carbons (Fsp3) is 0.294. The maximum atomic E-state index is 4.59. The summed E-state index contributed by atoms with van der Waals surface area (Å²) in [5.41, 5.74) is 5.05. The summed E-state index contributed by atoms with van der Waals surface area (Å²) in [4.78, 5) is 20.9. The zero-order chi connectivity index (χ0) is 16.6. The minimum atomic E-state index is -0.0222. The van der Waals surface area contributed by atoms with Gasteiger partial charge in [-0.15, -0.1) is 0 Å². The Morgan fingerprint density at radius 1 is 1.17 bits per heavy atom. The van der Waals surface area contributed by atoms with Gasteiger partial charge in [-0.05, 0) is 18.9 Å². The van der Waals surface area contributed by atoms with Crippen molar-refractivity contribution in [3.8, 4) is 11.5 Å². The van der Waals surface area contributed by atoms with E-state index in [1.807, 2.05) is 19.2 Å². The van der Waals surface area contributed by atoms with Crippen molar-refractivity contribution < 1.29 is 0 Å². The van der Waals surface area contributed by atoms with Crippen LogP contribution in [0.2, 0.25) is 0 Å². The lowest BCUT2D eigenvalue weighted by atomic mass is 9.93. The minimum absolute atomic E-state index is 0.0222. The van der Waals surface area contributed by atoms with E-state index in [9.17, 15) is 0 Å². The summed E-state index contributed by atoms with van der Waals surface area (Å²) in [6.45, 7) is 9.93. The van der Waals surface area contributed by atoms with E-state index >= 15 is 0 Å². The zero-order valence-corrected chi connectivity index (χ0v) is 13.8. The molecule has 0 unspecified atom stereocenters. The summed E-state index contributed by atoms with van der Waals surface area (Å²) in [7, 11) is 1.85. The lowest BCUT2D eigenvalue weighted by Crippen LogP contribution is -2.13. The second kappa shape index (κ2) is 5.46. The van der Waals surface area contributed by atoms with E-state index in [1.165, 1.54) is 0 Å². The number of H-pyrrole nitrogens is 1. The largest absolute Gasteiger partial charge is 0.386 e. The van der Waals surface area contributed by atoms with Crippen molar-refractivity contribution in [3.63, 3.8) is 0 Å². The molecule has 3 aromatic rings. The molecule has 118 valence electrons. The molecule has 6 nitrogen and oxygen atoms in total. The SMILES string of the molecule is C=Nc1cc2nc(-c3cnc(C(C)(C)C)cn3)[nH]c2cc1NC. The second-order valence-corrected chi connectivity index (χ2v) is 6.42. The molecule has 3 rings (SSSR count). The molecule has 0 atom stereocenters. The summed E-state index contributed by atoms with van der Waals surface area (Å²) < 4.78 is 0. The molecule has 0 fully saturated rings. The smallest absolute Gasteiger partial charge is 0.158 e. The Labute approximate surface area is 135 Å². The van der Waals surface area contributed by atoms with Gasteiger partial charge in [0.1, 0.15) is 5.69 Å². The van der Waals surface area contributed by atoms with Crippen LogP contribution in [0.25, 0.3) is 22.6 Å². The Balaban J connectivity index is 2.05. The first kappa shape index (κ1) is 15.1. The highest BCUT2D eigenvalue weighted by Crippen LogP contribution is 2.30. The van der Waals surface area contributed by atoms with Crippen molar-refractivity contribution in [2.75, 3.05) is 12.4 Å². The first-order valence-corrected chi connectivity index (χ1v) is 7.43. The van der Waals surface area contributed by atoms with Gasteiger partial charge in [-0.2, -0.15) is 0 Å². The van der Waals surface area contributed by atoms with Crippen LogP contribution in [0.5, 0.6) is 0 Å². The van der Waals surface area contributed by atoms with Crippen LogP contribution >= 0.6 is 0 Å². The molecule has 0 spiro atoms. The van der Waals surface area contributed by atoms with Crippen molar-refractivity contribution in [2.45, 2.75) is 26.2 Å². The van der Waals surface area contributed by atoms with Crippen molar-refractivity contribution in [1.29, 1.82) is 0 Å². The Hall–Kier alpha value is -2.76. The summed E-state index contributed by atoms with van der Waals surface area (Å²) in [6.07, 6.45) is 3.56. The first-order chi connectivity index (χ1) is 10.9. The molecular weight excluding hydrogens is 288 g/mol. The number of rotatable bonds is 3. The Morgan fingerprint density at radius 2 is 1.96 bits per heavy atom. The summed E-state index contributed by atoms with van der Waals surface area (Å²) in [5.74, 6) is 0.691. The highest BCUT2D eigenvalue weighted by Gasteiger charge is 2.16. The summed E-state index contributed by atoms with van der Waals surface area (Å²) >= 11 is 0. The number of hydrogen-bond donors (Lipinski definition) is 2. The molecule has 1 aromatic carbocycles. The normalized spacial score (nSPS) is 11.7. The third-order valence-corrected chi connectivity index (χ3v) is 3.70. The molecule has 23 heavy (non-hydrogen) atoms. The van der Waals surface area contributed by atoms with E-state index in [-0.39, 0.29) is 5.41 Å². The number of aliphatic imine (C=N–C) groups is 1. The molecule has 0 aliphatic rings. The van der Waals surface area contributed by atoms with Crippen molar-refractivity contribution in [2.24, 2.45) is 4.99 Å². The highest BCUT2D eigenvalue weighted by atomic mass is 15.0. The number of aromatic nitrogens is 4. The number of hydrogen-bond acceptors (Lipinski definition) is 5. The number of benzene rings is 1. The maximum absolute atomic E-state index is 4.59. The number of nitrogens with zero attached hydrogens (tertiary/aromatic N) is 4. The topological polar surface area (TPSA) is 78.8 Å². The van der Waals surface area contributed by atoms with Crippen LogP contribution < -0.4 is 5.32 Å². The van der Waals surface area contributed by atoms with Crippen LogP contribution in [0, 0.1) is 0 Å². The van der Waals surface area contributed by atoms with Gasteiger partial charge < -0.3 is 10.3 Å². The maximum Gasteiger partial charge on any atom is 0.158 e. The summed E-state index contributed by atoms with van der Waals surface area (Å²) in [5, 5.41) is 3.10. The van der Waals surface area contributed by atoms with Gasteiger partial charge >= 0.3 is 0 Å². The molecule has 2 N–H and O–H groups in total. The van der Waals surface area contributed by atoms with Crippen molar-refractivity contribution in [1.82, 2.24) is 19.9 Å². The third kappa shape index (κ3) is 2.79. The molecular formula is C17H20N6. The Morgan fingerprint density at radius 3 is 2.52 bits per heavy atom. The molecule has 2 heterocycles. The summed E-state index contributed by atoms with van der Waals surface area (Å²) in [6, 6.07) is 3.86. The van der Waals surface area contributed by atoms with Crippen LogP contribution in [-0.4, -0.2) is 33.7 Å². The Bertz CT molecular complexity index is 855. The molecule has 0 saturated carbocycles. The molecule has 0 saturated heterocycles. The van der Waals surface area contributed by atoms with E-state index in [0.717, 1.165) is 28.1 Å². The fourth-order valence-corrected chi connectivity index (χ4v) is 2.34. The van der Waals surface area contributed by atoms with Gasteiger partial charge in [-0.3, -0.25) is 9.98 Å². The van der Waals surface area contributed by atoms with Crippen molar-refractivity contribution in [3.05, 3.63) is 30.2 Å². The monoisotopic (exact) mass is 308 g/mol. The molecule has 0 bridgehead atoms. The number of fused-ring (bicyclic) bond motifs is 1. The van der Waals surface area contributed by atoms with Gasteiger partial charge in [0.15, 0.2) is 5.82 Å². The number of aromatic amines is 1. The minimum Gasteiger partial charge on any atom is -0.386 e. The average molecular weight is 308 g/mol. The average Bonchev–Trinajstić information content (AvgIpc) is 2.95. The molecule has 6 heteroatoms. The fourth-order valence-electron chi connectivity index (χ4n) is 2.34. The highest BCUT2D eigenvalue weighted by molar-refractivity contribution is 5.88. The predicted molar refractivity (Wildman–Crippen MR) is 94.6 cm³/mol. The standard InChI is InChI=1S/C17H20N6/c1-17(2,3)15-9-20-14(8-21-15)16-22-12-6-10(18-4)11(19-5)7-13(12)23-16/h6-9,19H,4H2,1-3,5H3,(H,22,23). The molecule has 0 aliphatic carbocycles. The quantitative estimate of drug-likeness (QED) is 0.723. The second-order valence-electron chi connectivity index (χ2n) is 6.42. The predicted octanol–water partition coefficient (Wildman–Crippen LogP) is 3.69. The van der Waals surface area contributed by atoms with Crippen LogP contribution in [0.4, 0.5) is 11.4 Å². The molecule has 0 amide bonds. The molecule has 0 aliphatic heterocycles. The van der Waals surface area contributed by atoms with E-state index in [2.05, 4.69) is 57.7 Å². The number of imidazole rings is 1. The van der Waals surface area contributed by atoms with E-state index < -0.39 is 0 Å². The van der Waals surface area contributed by atoms with Crippen molar-refractivity contribution >= 4 is 29.1 Å². The number of nitrogens with one attached hydrogen (secondary N) is 2. The van der Waals surface area contributed by atoms with Gasteiger partial charge in [0.2, 0.25) is 0 Å². The van der Waals surface area contributed by atoms with E-state index in [0.29, 0.717) is 11.5 Å². The Kier molecular flexibility index (Phi) is 3.60. The third-order valence-electron chi connectivity index (χ3n) is 3.70. The van der Waals surface area contributed by atoms with Gasteiger partial charge in [0.05, 0.1) is 34.3 Å². The van der Waals surface area contributed by atoms with Crippen LogP contribution in [-0.2, 0) is 5.41 Å². The van der Waals surface area contributed by atoms with E-state index in [4.69, 9.17) is 0 Å². The molecule has 0 radical (unpaired) electrons. The van der Waals surface area contributed by atoms with Gasteiger partial charge in [0.25, 0.3) is 0 Å². The molecule has 2 aromatic heterocycles. The van der Waals surface area contributed by atoms with Gasteiger partial charge in [0, 0.05) is 18.7 Å². The lowest BCUT2D eigenvalue weighted by molar-refractivity contribution is 0.565. The van der Waals surface area contributed by atoms with E-state index in [1.54, 1.807) is 12.4 Å². The lowest BCUT2D eigenvalue weighted by Gasteiger charge is -2.16.